The summed E-state index contributed by atoms with van der Waals surface area (Å²) < 4.78 is 0. The Morgan fingerprint density at radius 1 is 1.40 bits per heavy atom. The first-order valence-corrected chi connectivity index (χ1v) is 4.04. The van der Waals surface area contributed by atoms with E-state index in [4.69, 9.17) is 0 Å². The van der Waals surface area contributed by atoms with E-state index in [-0.39, 0.29) is 0 Å². The lowest BCUT2D eigenvalue weighted by Gasteiger charge is -2.04. The van der Waals surface area contributed by atoms with E-state index in [0.717, 1.165) is 18.3 Å². The summed E-state index contributed by atoms with van der Waals surface area (Å²) in [6.07, 6.45) is 4.50. The molecule has 2 rings (SSSR count). The molecule has 2 aliphatic rings. The van der Waals surface area contributed by atoms with Crippen LogP contribution in [0.2, 0.25) is 0 Å². The van der Waals surface area contributed by atoms with E-state index in [2.05, 4.69) is 25.1 Å². The molecule has 0 amide bonds. The maximum absolute atomic E-state index is 4.38. The Bertz CT molecular complexity index is 213. The maximum atomic E-state index is 4.38. The topological polar surface area (TPSA) is 12.4 Å². The van der Waals surface area contributed by atoms with Gasteiger partial charge in [-0.1, -0.05) is 13.8 Å². The van der Waals surface area contributed by atoms with Gasteiger partial charge in [0.2, 0.25) is 0 Å². The van der Waals surface area contributed by atoms with Crippen molar-refractivity contribution >= 4 is 6.21 Å². The fraction of sp³-hybridized carbons (Fsp3) is 0.667. The molecule has 10 heavy (non-hydrogen) atoms. The van der Waals surface area contributed by atoms with Crippen LogP contribution in [0.5, 0.6) is 0 Å². The van der Waals surface area contributed by atoms with Crippen LogP contribution < -0.4 is 0 Å². The van der Waals surface area contributed by atoms with Gasteiger partial charge < -0.3 is 0 Å². The Morgan fingerprint density at radius 3 is 2.90 bits per heavy atom. The van der Waals surface area contributed by atoms with Crippen molar-refractivity contribution in [3.05, 3.63) is 11.3 Å². The molecule has 0 saturated carbocycles. The highest BCUT2D eigenvalue weighted by atomic mass is 14.8. The van der Waals surface area contributed by atoms with Crippen molar-refractivity contribution in [2.75, 3.05) is 0 Å². The van der Waals surface area contributed by atoms with Crippen LogP contribution >= 0.6 is 0 Å². The Hall–Kier alpha value is -0.590. The fourth-order valence-corrected chi connectivity index (χ4v) is 2.11. The van der Waals surface area contributed by atoms with Crippen LogP contribution in [-0.4, -0.2) is 6.21 Å². The largest absolute Gasteiger partial charge is 0.265 e. The summed E-state index contributed by atoms with van der Waals surface area (Å²) in [5, 5.41) is 0. The number of aliphatic imine (C=N–C) groups is 1. The van der Waals surface area contributed by atoms with E-state index < -0.39 is 0 Å². The van der Waals surface area contributed by atoms with Crippen LogP contribution in [0.25, 0.3) is 0 Å². The summed E-state index contributed by atoms with van der Waals surface area (Å²) in [7, 11) is 0. The van der Waals surface area contributed by atoms with Crippen molar-refractivity contribution in [2.45, 2.75) is 26.7 Å². The Kier molecular flexibility index (Phi) is 1.19. The summed E-state index contributed by atoms with van der Waals surface area (Å²) in [6, 6.07) is 0. The highest BCUT2D eigenvalue weighted by Crippen LogP contribution is 2.40. The lowest BCUT2D eigenvalue weighted by atomic mass is 10.0. The van der Waals surface area contributed by atoms with E-state index in [1.54, 1.807) is 5.57 Å². The molecule has 0 spiro atoms. The molecule has 2 atom stereocenters. The van der Waals surface area contributed by atoms with Crippen LogP contribution in [0.15, 0.2) is 16.3 Å². The van der Waals surface area contributed by atoms with E-state index in [9.17, 15) is 0 Å². The maximum Gasteiger partial charge on any atom is 0.0426 e. The number of hydrogen-bond donors (Lipinski definition) is 0. The van der Waals surface area contributed by atoms with Crippen molar-refractivity contribution in [1.82, 2.24) is 0 Å². The smallest absolute Gasteiger partial charge is 0.0426 e. The van der Waals surface area contributed by atoms with Gasteiger partial charge in [0.15, 0.2) is 0 Å². The number of rotatable bonds is 0. The highest BCUT2D eigenvalue weighted by Gasteiger charge is 2.29. The highest BCUT2D eigenvalue weighted by molar-refractivity contribution is 5.68. The van der Waals surface area contributed by atoms with Crippen LogP contribution in [0.1, 0.15) is 26.7 Å². The lowest BCUT2D eigenvalue weighted by Crippen LogP contribution is -1.94. The zero-order valence-corrected chi connectivity index (χ0v) is 6.59. The average Bonchev–Trinajstić information content (AvgIpc) is 2.39. The first-order valence-electron chi connectivity index (χ1n) is 4.04. The lowest BCUT2D eigenvalue weighted by molar-refractivity contribution is 0.560. The fourth-order valence-electron chi connectivity index (χ4n) is 2.11. The first-order chi connectivity index (χ1) is 4.79. The zero-order chi connectivity index (χ0) is 7.14. The Labute approximate surface area is 61.9 Å². The van der Waals surface area contributed by atoms with Crippen molar-refractivity contribution in [3.8, 4) is 0 Å². The third-order valence-corrected chi connectivity index (χ3v) is 2.64. The predicted molar refractivity (Wildman–Crippen MR) is 43.1 cm³/mol. The molecule has 1 heteroatoms. The molecule has 0 aromatic rings. The molecule has 0 bridgehead atoms. The number of nitrogens with zero attached hydrogens (tertiary/aromatic N) is 1. The molecule has 2 unspecified atom stereocenters. The average molecular weight is 135 g/mol. The molecule has 1 aliphatic heterocycles. The molecule has 0 radical (unpaired) electrons. The van der Waals surface area contributed by atoms with Gasteiger partial charge in [-0.15, -0.1) is 0 Å². The van der Waals surface area contributed by atoms with Gasteiger partial charge in [-0.05, 0) is 23.8 Å². The zero-order valence-electron chi connectivity index (χ0n) is 6.59. The SMILES string of the molecule is CC1CC(C)C2=C1CC=N2. The van der Waals surface area contributed by atoms with Crippen molar-refractivity contribution in [1.29, 1.82) is 0 Å². The molecule has 0 aromatic heterocycles. The van der Waals surface area contributed by atoms with Crippen LogP contribution in [0.4, 0.5) is 0 Å². The summed E-state index contributed by atoms with van der Waals surface area (Å²) >= 11 is 0. The van der Waals surface area contributed by atoms with Crippen molar-refractivity contribution in [3.63, 3.8) is 0 Å². The summed E-state index contributed by atoms with van der Waals surface area (Å²) in [6.45, 7) is 4.59. The van der Waals surface area contributed by atoms with Gasteiger partial charge in [-0.3, -0.25) is 4.99 Å². The molecule has 0 fully saturated rings. The van der Waals surface area contributed by atoms with Gasteiger partial charge in [-0.25, -0.2) is 0 Å². The second-order valence-corrected chi connectivity index (χ2v) is 3.46. The van der Waals surface area contributed by atoms with Gasteiger partial charge in [0.1, 0.15) is 0 Å². The quantitative estimate of drug-likeness (QED) is 0.483. The predicted octanol–water partition coefficient (Wildman–Crippen LogP) is 2.39. The summed E-state index contributed by atoms with van der Waals surface area (Å²) in [4.78, 5) is 4.38. The molecule has 54 valence electrons. The monoisotopic (exact) mass is 135 g/mol. The third-order valence-electron chi connectivity index (χ3n) is 2.64. The summed E-state index contributed by atoms with van der Waals surface area (Å²) in [5.41, 5.74) is 3.00. The van der Waals surface area contributed by atoms with E-state index >= 15 is 0 Å². The van der Waals surface area contributed by atoms with Gasteiger partial charge >= 0.3 is 0 Å². The van der Waals surface area contributed by atoms with E-state index in [0.29, 0.717) is 0 Å². The molecular weight excluding hydrogens is 122 g/mol. The molecular formula is C9H13N. The van der Waals surface area contributed by atoms with Crippen LogP contribution in [-0.2, 0) is 0 Å². The Balaban J connectivity index is 2.34. The van der Waals surface area contributed by atoms with Gasteiger partial charge in [0, 0.05) is 18.3 Å². The second kappa shape index (κ2) is 1.94. The van der Waals surface area contributed by atoms with Gasteiger partial charge in [-0.2, -0.15) is 0 Å². The molecule has 0 aromatic carbocycles. The van der Waals surface area contributed by atoms with E-state index in [1.165, 1.54) is 12.1 Å². The molecule has 0 N–H and O–H groups in total. The van der Waals surface area contributed by atoms with Crippen molar-refractivity contribution < 1.29 is 0 Å². The summed E-state index contributed by atoms with van der Waals surface area (Å²) in [5.74, 6) is 1.52. The van der Waals surface area contributed by atoms with Crippen LogP contribution in [0.3, 0.4) is 0 Å². The van der Waals surface area contributed by atoms with Crippen molar-refractivity contribution in [2.24, 2.45) is 16.8 Å². The standard InChI is InChI=1S/C9H13N/c1-6-5-7(2)9-8(6)3-4-10-9/h4,6-7H,3,5H2,1-2H3. The third kappa shape index (κ3) is 0.664. The number of allylic oxidation sites excluding steroid dienone is 2. The second-order valence-electron chi connectivity index (χ2n) is 3.46. The van der Waals surface area contributed by atoms with Gasteiger partial charge in [0.05, 0.1) is 0 Å². The first kappa shape index (κ1) is 6.14. The molecule has 1 nitrogen and oxygen atoms in total. The molecule has 1 aliphatic carbocycles. The van der Waals surface area contributed by atoms with Gasteiger partial charge in [0.25, 0.3) is 0 Å². The normalized spacial score (nSPS) is 37.4. The minimum Gasteiger partial charge on any atom is -0.265 e. The molecule has 1 heterocycles. The van der Waals surface area contributed by atoms with E-state index in [1.807, 2.05) is 0 Å². The molecule has 0 saturated heterocycles. The van der Waals surface area contributed by atoms with Crippen LogP contribution in [0, 0.1) is 11.8 Å². The minimum absolute atomic E-state index is 0.726. The Morgan fingerprint density at radius 2 is 2.20 bits per heavy atom. The number of hydrogen-bond acceptors (Lipinski definition) is 1. The minimum atomic E-state index is 0.726.